The number of nitrogens with two attached hydrogens (primary N) is 3. The number of aromatic nitrogens is 2. The maximum absolute atomic E-state index is 14.9. The first-order valence-electron chi connectivity index (χ1n) is 24.4. The number of Topliss-reactive ketones (excluding diaryl/α,β-unsaturated/α-hetero) is 3. The second kappa shape index (κ2) is 24.8. The highest BCUT2D eigenvalue weighted by Gasteiger charge is 2.36. The summed E-state index contributed by atoms with van der Waals surface area (Å²) in [6.45, 7) is 6.00. The molecule has 3 aromatic carbocycles. The van der Waals surface area contributed by atoms with Gasteiger partial charge in [0.1, 0.15) is 30.8 Å². The van der Waals surface area contributed by atoms with Crippen molar-refractivity contribution in [3.63, 3.8) is 0 Å². The van der Waals surface area contributed by atoms with Gasteiger partial charge in [0.15, 0.2) is 23.2 Å². The summed E-state index contributed by atoms with van der Waals surface area (Å²) in [7, 11) is 1.51. The van der Waals surface area contributed by atoms with E-state index in [1.54, 1.807) is 51.1 Å². The van der Waals surface area contributed by atoms with Crippen molar-refractivity contribution in [2.24, 2.45) is 29.0 Å². The van der Waals surface area contributed by atoms with Gasteiger partial charge in [0.05, 0.1) is 29.1 Å². The molecule has 2 amide bonds. The van der Waals surface area contributed by atoms with Gasteiger partial charge in [-0.3, -0.25) is 24.0 Å². The maximum atomic E-state index is 14.9. The predicted molar refractivity (Wildman–Crippen MR) is 264 cm³/mol. The average molecular weight is 941 g/mol. The van der Waals surface area contributed by atoms with E-state index < -0.39 is 41.5 Å². The summed E-state index contributed by atoms with van der Waals surface area (Å²) < 4.78 is 12.3. The van der Waals surface area contributed by atoms with Crippen molar-refractivity contribution < 1.29 is 33.4 Å². The van der Waals surface area contributed by atoms with Crippen LogP contribution in [0.1, 0.15) is 128 Å². The van der Waals surface area contributed by atoms with Crippen LogP contribution in [0.15, 0.2) is 60.7 Å². The minimum atomic E-state index is -1.24. The highest BCUT2D eigenvalue weighted by atomic mass is 16.5. The fourth-order valence-electron chi connectivity index (χ4n) is 9.73. The Bertz CT molecular complexity index is 2490. The number of hydrogen-bond acceptors (Lipinski definition) is 13. The van der Waals surface area contributed by atoms with E-state index in [0.29, 0.717) is 62.4 Å². The van der Waals surface area contributed by atoms with Gasteiger partial charge in [-0.25, -0.2) is 9.97 Å². The Morgan fingerprint density at radius 1 is 0.826 bits per heavy atom. The number of nitriles is 1. The number of rotatable bonds is 18. The van der Waals surface area contributed by atoms with Gasteiger partial charge < -0.3 is 36.9 Å². The minimum absolute atomic E-state index is 0.0295. The quantitative estimate of drug-likeness (QED) is 0.0594. The molecule has 1 aliphatic carbocycles. The van der Waals surface area contributed by atoms with Crippen molar-refractivity contribution in [3.8, 4) is 40.1 Å². The molecule has 1 aromatic heterocycles. The Hall–Kier alpha value is -6.34. The fourth-order valence-corrected chi connectivity index (χ4v) is 9.73. The van der Waals surface area contributed by atoms with Gasteiger partial charge in [-0.1, -0.05) is 69.0 Å². The number of fused-ring (bicyclic) bond motifs is 5. The number of hydrogen-bond donors (Lipinski definition) is 4. The van der Waals surface area contributed by atoms with Crippen molar-refractivity contribution >= 4 is 29.2 Å². The van der Waals surface area contributed by atoms with E-state index in [4.69, 9.17) is 36.6 Å². The van der Waals surface area contributed by atoms with Gasteiger partial charge in [-0.2, -0.15) is 5.26 Å². The van der Waals surface area contributed by atoms with Crippen molar-refractivity contribution in [1.82, 2.24) is 20.2 Å². The SMILES string of the molecule is Cc1nc(-c2ccc(C3CCCCCC3)cc2)nc(C)c1C(=O)C[C@@H](CCN)C(=O)N(C)[C@@H]1C(=O)C[C@@H](C)C(=O)N[C@H](C(=O)CCC#N)Cc2ccc(OCCN)c(c2)-c2cc1ccc2OCCN. The lowest BCUT2D eigenvalue weighted by molar-refractivity contribution is -0.142. The number of carbonyl (C=O) groups is 5. The van der Waals surface area contributed by atoms with Crippen LogP contribution in [0.2, 0.25) is 0 Å². The van der Waals surface area contributed by atoms with Crippen LogP contribution in [0.5, 0.6) is 11.5 Å². The molecule has 4 aromatic rings. The third-order valence-corrected chi connectivity index (χ3v) is 13.4. The second-order valence-electron chi connectivity index (χ2n) is 18.5. The fraction of sp³-hybridized carbons (Fsp3) is 0.481. The Balaban J connectivity index is 1.35. The standard InChI is InChI=1S/C54H68N8O7/c1-33-28-47(65)51(40-18-20-49(69-27-25-58)43(31-40)42-29-36(13-19-48(42)68-26-24-57)30-44(61-53(33)66)45(63)12-9-22-55)62(4)54(67)41(21-23-56)32-46(64)50-34(2)59-52(60-35(50)3)39-16-14-38(15-17-39)37-10-7-5-6-8-11-37/h13-20,29,31,33,37,41,44,51H,5-12,21,23-28,30,32,56-58H2,1-4H3,(H,61,66)/t33-,41-,44+,51+/m1/s1. The van der Waals surface area contributed by atoms with E-state index in [1.165, 1.54) is 56.0 Å². The average Bonchev–Trinajstić information content (AvgIpc) is 3.63. The zero-order valence-electron chi connectivity index (χ0n) is 40.6. The zero-order chi connectivity index (χ0) is 49.6. The van der Waals surface area contributed by atoms with Crippen LogP contribution in [0.25, 0.3) is 22.5 Å². The van der Waals surface area contributed by atoms with Crippen molar-refractivity contribution in [1.29, 1.82) is 5.26 Å². The number of ketones is 3. The highest BCUT2D eigenvalue weighted by molar-refractivity contribution is 6.01. The van der Waals surface area contributed by atoms with Gasteiger partial charge in [0.2, 0.25) is 11.8 Å². The van der Waals surface area contributed by atoms with Crippen molar-refractivity contribution in [3.05, 3.63) is 94.3 Å². The first kappa shape index (κ1) is 52.0. The number of ether oxygens (including phenoxy) is 2. The first-order chi connectivity index (χ1) is 33.3. The molecule has 0 spiro atoms. The molecule has 1 saturated carbocycles. The summed E-state index contributed by atoms with van der Waals surface area (Å²) in [6.07, 6.45) is 7.08. The van der Waals surface area contributed by atoms with Crippen LogP contribution in [-0.2, 0) is 25.6 Å². The van der Waals surface area contributed by atoms with Crippen LogP contribution in [0.3, 0.4) is 0 Å². The van der Waals surface area contributed by atoms with Gasteiger partial charge in [-0.15, -0.1) is 0 Å². The molecular weight excluding hydrogens is 873 g/mol. The lowest BCUT2D eigenvalue weighted by Gasteiger charge is -2.32. The third-order valence-electron chi connectivity index (χ3n) is 13.4. The van der Waals surface area contributed by atoms with E-state index in [2.05, 4.69) is 17.4 Å². The normalized spacial score (nSPS) is 18.2. The van der Waals surface area contributed by atoms with E-state index in [9.17, 15) is 29.2 Å². The van der Waals surface area contributed by atoms with E-state index in [-0.39, 0.29) is 82.9 Å². The Morgan fingerprint density at radius 3 is 2.04 bits per heavy atom. The number of amides is 2. The van der Waals surface area contributed by atoms with Gasteiger partial charge in [-0.05, 0) is 92.9 Å². The zero-order valence-corrected chi connectivity index (χ0v) is 40.6. The monoisotopic (exact) mass is 941 g/mol. The minimum Gasteiger partial charge on any atom is -0.492 e. The molecule has 2 heterocycles. The molecule has 6 rings (SSSR count). The predicted octanol–water partition coefficient (Wildman–Crippen LogP) is 6.79. The maximum Gasteiger partial charge on any atom is 0.226 e. The van der Waals surface area contributed by atoms with Crippen LogP contribution in [0, 0.1) is 37.0 Å². The molecule has 2 aliphatic rings. The summed E-state index contributed by atoms with van der Waals surface area (Å²) >= 11 is 0. The molecule has 15 heteroatoms. The molecule has 4 atom stereocenters. The topological polar surface area (TPSA) is 247 Å². The number of benzene rings is 3. The summed E-state index contributed by atoms with van der Waals surface area (Å²) in [6, 6.07) is 18.7. The van der Waals surface area contributed by atoms with Crippen LogP contribution in [-0.4, -0.2) is 90.0 Å². The molecule has 0 saturated heterocycles. The van der Waals surface area contributed by atoms with E-state index >= 15 is 0 Å². The molecular formula is C54H68N8O7. The number of likely N-dealkylation sites (N-methyl/N-ethyl adjacent to an activating group) is 1. The molecule has 0 radical (unpaired) electrons. The number of aryl methyl sites for hydroxylation is 2. The number of carbonyl (C=O) groups excluding carboxylic acids is 5. The largest absolute Gasteiger partial charge is 0.492 e. The molecule has 0 unspecified atom stereocenters. The summed E-state index contributed by atoms with van der Waals surface area (Å²) in [4.78, 5) is 82.3. The molecule has 366 valence electrons. The van der Waals surface area contributed by atoms with Gasteiger partial charge in [0, 0.05) is 74.3 Å². The third kappa shape index (κ3) is 13.1. The number of nitrogens with zero attached hydrogens (tertiary/aromatic N) is 4. The summed E-state index contributed by atoms with van der Waals surface area (Å²) in [5.41, 5.74) is 23.5. The molecule has 1 aliphatic heterocycles. The summed E-state index contributed by atoms with van der Waals surface area (Å²) in [5.74, 6) is -2.04. The highest BCUT2D eigenvalue weighted by Crippen LogP contribution is 2.41. The molecule has 15 nitrogen and oxygen atoms in total. The lowest BCUT2D eigenvalue weighted by atomic mass is 9.88. The lowest BCUT2D eigenvalue weighted by Crippen LogP contribution is -2.46. The van der Waals surface area contributed by atoms with Crippen LogP contribution >= 0.6 is 0 Å². The molecule has 4 bridgehead atoms. The summed E-state index contributed by atoms with van der Waals surface area (Å²) in [5, 5.41) is 12.1. The molecule has 69 heavy (non-hydrogen) atoms. The van der Waals surface area contributed by atoms with E-state index in [0.717, 1.165) is 5.56 Å². The van der Waals surface area contributed by atoms with Gasteiger partial charge >= 0.3 is 0 Å². The second-order valence-corrected chi connectivity index (χ2v) is 18.5. The Kier molecular flexibility index (Phi) is 18.7. The van der Waals surface area contributed by atoms with Gasteiger partial charge in [0.25, 0.3) is 0 Å². The van der Waals surface area contributed by atoms with Crippen molar-refractivity contribution in [2.45, 2.75) is 116 Å². The first-order valence-corrected chi connectivity index (χ1v) is 24.4. The molecule has 1 fully saturated rings. The molecule has 7 N–H and O–H groups in total. The smallest absolute Gasteiger partial charge is 0.226 e. The van der Waals surface area contributed by atoms with Crippen LogP contribution < -0.4 is 32.0 Å². The van der Waals surface area contributed by atoms with E-state index in [1.807, 2.05) is 24.3 Å². The Morgan fingerprint density at radius 2 is 1.43 bits per heavy atom. The van der Waals surface area contributed by atoms with Crippen molar-refractivity contribution in [2.75, 3.05) is 39.9 Å². The number of nitrogens with one attached hydrogen (secondary N) is 1. The Labute approximate surface area is 405 Å². The van der Waals surface area contributed by atoms with Crippen LogP contribution in [0.4, 0.5) is 0 Å².